The van der Waals surface area contributed by atoms with Gasteiger partial charge in [0.05, 0.1) is 24.8 Å². The summed E-state index contributed by atoms with van der Waals surface area (Å²) < 4.78 is 34.8. The van der Waals surface area contributed by atoms with Crippen molar-refractivity contribution in [2.45, 2.75) is 25.0 Å². The zero-order chi connectivity index (χ0) is 29.5. The third-order valence-corrected chi connectivity index (χ3v) is 6.54. The fourth-order valence-corrected chi connectivity index (χ4v) is 4.73. The van der Waals surface area contributed by atoms with Crippen LogP contribution in [0.1, 0.15) is 30.6 Å². The first-order valence-corrected chi connectivity index (χ1v) is 12.5. The largest absolute Gasteiger partial charge is 0.481 e. The Bertz CT molecular complexity index is 1450. The third kappa shape index (κ3) is 7.00. The lowest BCUT2D eigenvalue weighted by molar-refractivity contribution is -0.727. The number of nitrogens with one attached hydrogen (secondary N) is 2. The molecule has 3 aromatic rings. The van der Waals surface area contributed by atoms with Crippen LogP contribution in [-0.2, 0) is 9.53 Å². The summed E-state index contributed by atoms with van der Waals surface area (Å²) in [6.07, 6.45) is 2.39. The van der Waals surface area contributed by atoms with Crippen molar-refractivity contribution in [1.29, 1.82) is 0 Å². The molecule has 0 saturated heterocycles. The van der Waals surface area contributed by atoms with Gasteiger partial charge in [-0.15, -0.1) is 0 Å². The van der Waals surface area contributed by atoms with Gasteiger partial charge in [0.15, 0.2) is 24.0 Å². The maximum absolute atomic E-state index is 14.3. The Morgan fingerprint density at radius 1 is 1.15 bits per heavy atom. The van der Waals surface area contributed by atoms with E-state index in [-0.39, 0.29) is 36.4 Å². The molecule has 1 aliphatic rings. The number of aromatic nitrogens is 2. The van der Waals surface area contributed by atoms with Crippen LogP contribution in [0.4, 0.5) is 18.4 Å². The number of carboxylic acids is 1. The van der Waals surface area contributed by atoms with Crippen molar-refractivity contribution < 1.29 is 42.7 Å². The van der Waals surface area contributed by atoms with Crippen molar-refractivity contribution in [3.63, 3.8) is 0 Å². The molecule has 0 aliphatic carbocycles. The van der Waals surface area contributed by atoms with Crippen LogP contribution in [0.2, 0.25) is 0 Å². The average molecular weight is 569 g/mol. The Balaban J connectivity index is 1.67. The lowest BCUT2D eigenvalue weighted by Gasteiger charge is -2.39. The van der Waals surface area contributed by atoms with Crippen molar-refractivity contribution in [2.75, 3.05) is 20.3 Å². The summed E-state index contributed by atoms with van der Waals surface area (Å²) >= 11 is 0. The maximum atomic E-state index is 14.3. The third-order valence-electron chi connectivity index (χ3n) is 6.54. The van der Waals surface area contributed by atoms with Crippen LogP contribution in [0.3, 0.4) is 0 Å². The Kier molecular flexibility index (Phi) is 9.19. The monoisotopic (exact) mass is 568 g/mol. The molecule has 4 rings (SSSR count). The summed E-state index contributed by atoms with van der Waals surface area (Å²) in [6.45, 7) is -0.206. The van der Waals surface area contributed by atoms with E-state index in [4.69, 9.17) is 4.74 Å². The molecular formula is C28H28F2N5O6+. The minimum absolute atomic E-state index is 0.0491. The molecule has 13 heteroatoms. The molecule has 1 aliphatic heterocycles. The Morgan fingerprint density at radius 2 is 1.90 bits per heavy atom. The Labute approximate surface area is 233 Å². The van der Waals surface area contributed by atoms with E-state index < -0.39 is 48.4 Å². The number of rotatable bonds is 11. The Hall–Kier alpha value is -4.91. The smallest absolute Gasteiger partial charge is 0.409 e. The zero-order valence-electron chi connectivity index (χ0n) is 22.0. The number of pyridine rings is 2. The van der Waals surface area contributed by atoms with Crippen molar-refractivity contribution in [1.82, 2.24) is 20.5 Å². The van der Waals surface area contributed by atoms with E-state index >= 15 is 0 Å². The number of benzene rings is 1. The standard InChI is InChI=1S/C28H27F2N5O6/c1-41-16-23-19(15-25(36)37)26(18-5-6-20(29)21(30)14-18)35(27(38)32-23)13-9-24(33-28(39)40)34-11-7-17(8-12-34)22-4-2-3-10-31-22/h2-8,10-12,14,24,26,33H,9,13,15-16H2,1H3,(H2-,32,36,37,38,39,40)/p+1. The van der Waals surface area contributed by atoms with Crippen LogP contribution in [0.5, 0.6) is 0 Å². The minimum atomic E-state index is -1.30. The number of methoxy groups -OCH3 is 1. The van der Waals surface area contributed by atoms with Crippen molar-refractivity contribution in [3.8, 4) is 11.3 Å². The van der Waals surface area contributed by atoms with Gasteiger partial charge in [-0.2, -0.15) is 4.57 Å². The number of ether oxygens (including phenoxy) is 1. The van der Waals surface area contributed by atoms with Gasteiger partial charge in [0.2, 0.25) is 6.17 Å². The zero-order valence-corrected chi connectivity index (χ0v) is 22.0. The molecule has 0 bridgehead atoms. The summed E-state index contributed by atoms with van der Waals surface area (Å²) in [5.74, 6) is -3.46. The molecule has 1 aromatic carbocycles. The van der Waals surface area contributed by atoms with E-state index in [1.807, 2.05) is 12.1 Å². The first kappa shape index (κ1) is 29.1. The molecule has 4 N–H and O–H groups in total. The van der Waals surface area contributed by atoms with Gasteiger partial charge < -0.3 is 25.2 Å². The molecule has 0 spiro atoms. The Morgan fingerprint density at radius 3 is 2.51 bits per heavy atom. The SMILES string of the molecule is COCC1=C(CC(=O)O)C(c2ccc(F)c(F)c2)N(CCC(NC(=O)O)[n+]2ccc(-c3ccccn3)cc2)C(=O)N1. The molecule has 0 radical (unpaired) electrons. The first-order valence-electron chi connectivity index (χ1n) is 12.5. The summed E-state index contributed by atoms with van der Waals surface area (Å²) in [6, 6.07) is 10.4. The van der Waals surface area contributed by atoms with Gasteiger partial charge in [0.1, 0.15) is 0 Å². The van der Waals surface area contributed by atoms with Crippen LogP contribution in [0, 0.1) is 11.6 Å². The molecule has 214 valence electrons. The summed E-state index contributed by atoms with van der Waals surface area (Å²) in [5, 5.41) is 24.2. The summed E-state index contributed by atoms with van der Waals surface area (Å²) in [4.78, 5) is 42.3. The molecule has 3 heterocycles. The van der Waals surface area contributed by atoms with Crippen LogP contribution in [-0.4, -0.2) is 58.5 Å². The molecule has 2 unspecified atom stereocenters. The summed E-state index contributed by atoms with van der Waals surface area (Å²) in [5.41, 5.74) is 2.11. The van der Waals surface area contributed by atoms with Gasteiger partial charge in [0.25, 0.3) is 0 Å². The normalized spacial score (nSPS) is 15.8. The molecule has 0 saturated carbocycles. The van der Waals surface area contributed by atoms with E-state index in [2.05, 4.69) is 15.6 Å². The molecule has 2 atom stereocenters. The number of nitrogens with zero attached hydrogens (tertiary/aromatic N) is 3. The van der Waals surface area contributed by atoms with Crippen molar-refractivity contribution in [3.05, 3.63) is 95.6 Å². The summed E-state index contributed by atoms with van der Waals surface area (Å²) in [7, 11) is 1.37. The number of hydrogen-bond donors (Lipinski definition) is 4. The number of carbonyl (C=O) groups is 3. The van der Waals surface area contributed by atoms with Crippen LogP contribution < -0.4 is 15.2 Å². The second-order valence-electron chi connectivity index (χ2n) is 9.21. The van der Waals surface area contributed by atoms with E-state index in [1.165, 1.54) is 18.1 Å². The minimum Gasteiger partial charge on any atom is -0.481 e. The highest BCUT2D eigenvalue weighted by atomic mass is 19.2. The highest BCUT2D eigenvalue weighted by Gasteiger charge is 2.37. The average Bonchev–Trinajstić information content (AvgIpc) is 2.94. The fraction of sp³-hybridized carbons (Fsp3) is 0.250. The van der Waals surface area contributed by atoms with E-state index in [1.54, 1.807) is 41.4 Å². The lowest BCUT2D eigenvalue weighted by Crippen LogP contribution is -2.53. The van der Waals surface area contributed by atoms with Gasteiger partial charge in [-0.1, -0.05) is 12.1 Å². The van der Waals surface area contributed by atoms with Crippen LogP contribution >= 0.6 is 0 Å². The number of halogens is 2. The number of aliphatic carboxylic acids is 1. The molecule has 3 amide bonds. The second-order valence-corrected chi connectivity index (χ2v) is 9.21. The van der Waals surface area contributed by atoms with Gasteiger partial charge >= 0.3 is 18.1 Å². The molecular weight excluding hydrogens is 540 g/mol. The number of urea groups is 1. The highest BCUT2D eigenvalue weighted by Crippen LogP contribution is 2.36. The van der Waals surface area contributed by atoms with Crippen LogP contribution in [0.25, 0.3) is 11.3 Å². The quantitative estimate of drug-likeness (QED) is 0.259. The van der Waals surface area contributed by atoms with E-state index in [0.29, 0.717) is 0 Å². The van der Waals surface area contributed by atoms with Crippen molar-refractivity contribution in [2.24, 2.45) is 0 Å². The number of hydrogen-bond acceptors (Lipinski definition) is 5. The predicted octanol–water partition coefficient (Wildman–Crippen LogP) is 3.61. The van der Waals surface area contributed by atoms with Gasteiger partial charge in [0, 0.05) is 49.7 Å². The van der Waals surface area contributed by atoms with Gasteiger partial charge in [-0.3, -0.25) is 15.1 Å². The number of carbonyl (C=O) groups excluding carboxylic acids is 1. The highest BCUT2D eigenvalue weighted by molar-refractivity contribution is 5.81. The fourth-order valence-electron chi connectivity index (χ4n) is 4.73. The number of amides is 3. The van der Waals surface area contributed by atoms with Crippen molar-refractivity contribution >= 4 is 18.1 Å². The lowest BCUT2D eigenvalue weighted by atomic mass is 9.91. The van der Waals surface area contributed by atoms with E-state index in [0.717, 1.165) is 23.4 Å². The number of carboxylic acid groups (broad SMARTS) is 2. The predicted molar refractivity (Wildman–Crippen MR) is 140 cm³/mol. The molecule has 11 nitrogen and oxygen atoms in total. The molecule has 41 heavy (non-hydrogen) atoms. The second kappa shape index (κ2) is 13.0. The molecule has 0 fully saturated rings. The van der Waals surface area contributed by atoms with Gasteiger partial charge in [-0.05, 0) is 35.4 Å². The maximum Gasteiger partial charge on any atom is 0.409 e. The molecule has 2 aromatic heterocycles. The van der Waals surface area contributed by atoms with Gasteiger partial charge in [-0.25, -0.2) is 18.4 Å². The topological polar surface area (TPSA) is 145 Å². The van der Waals surface area contributed by atoms with E-state index in [9.17, 15) is 33.4 Å². The first-order chi connectivity index (χ1) is 19.7. The van der Waals surface area contributed by atoms with Crippen LogP contribution in [0.15, 0.2) is 78.4 Å².